The quantitative estimate of drug-likeness (QED) is 0.638. The molecule has 0 spiro atoms. The van der Waals surface area contributed by atoms with Crippen LogP contribution in [0.2, 0.25) is 0 Å². The summed E-state index contributed by atoms with van der Waals surface area (Å²) in [5.74, 6) is -0.550. The minimum absolute atomic E-state index is 0.000262. The summed E-state index contributed by atoms with van der Waals surface area (Å²) in [5, 5.41) is 20.7. The van der Waals surface area contributed by atoms with E-state index in [2.05, 4.69) is 5.32 Å². The van der Waals surface area contributed by atoms with Crippen LogP contribution in [0, 0.1) is 11.7 Å². The lowest BCUT2D eigenvalue weighted by molar-refractivity contribution is 0.158. The molecule has 1 aliphatic carbocycles. The summed E-state index contributed by atoms with van der Waals surface area (Å²) < 4.78 is 39.2. The van der Waals surface area contributed by atoms with Gasteiger partial charge in [0.25, 0.3) is 0 Å². The van der Waals surface area contributed by atoms with Gasteiger partial charge >= 0.3 is 6.09 Å². The van der Waals surface area contributed by atoms with E-state index in [1.165, 1.54) is 12.1 Å². The van der Waals surface area contributed by atoms with Crippen LogP contribution < -0.4 is 5.32 Å². The van der Waals surface area contributed by atoms with Crippen molar-refractivity contribution < 1.29 is 27.8 Å². The maximum absolute atomic E-state index is 14.0. The topological polar surface area (TPSA) is 104 Å². The zero-order chi connectivity index (χ0) is 18.4. The first-order valence-corrected chi connectivity index (χ1v) is 10.1. The molecule has 6 nitrogen and oxygen atoms in total. The van der Waals surface area contributed by atoms with Crippen LogP contribution in [0.4, 0.5) is 9.18 Å². The van der Waals surface area contributed by atoms with Crippen molar-refractivity contribution >= 4 is 15.9 Å². The number of aliphatic hydroxyl groups excluding tert-OH is 1. The van der Waals surface area contributed by atoms with Gasteiger partial charge in [0.15, 0.2) is 9.84 Å². The number of carbonyl (C=O) groups is 1. The lowest BCUT2D eigenvalue weighted by atomic mass is 9.91. The second-order valence-corrected chi connectivity index (χ2v) is 8.54. The number of rotatable bonds is 7. The number of nitrogens with one attached hydrogen (secondary N) is 1. The number of aliphatic hydroxyl groups is 1. The monoisotopic (exact) mass is 373 g/mol. The molecule has 3 N–H and O–H groups in total. The average Bonchev–Trinajstić information content (AvgIpc) is 2.55. The van der Waals surface area contributed by atoms with Gasteiger partial charge in [-0.2, -0.15) is 0 Å². The highest BCUT2D eigenvalue weighted by Gasteiger charge is 2.25. The zero-order valence-electron chi connectivity index (χ0n) is 13.9. The van der Waals surface area contributed by atoms with Gasteiger partial charge in [-0.1, -0.05) is 19.3 Å². The van der Waals surface area contributed by atoms with E-state index in [0.717, 1.165) is 38.2 Å². The summed E-state index contributed by atoms with van der Waals surface area (Å²) >= 11 is 0. The number of sulfone groups is 1. The lowest BCUT2D eigenvalue weighted by Crippen LogP contribution is -2.23. The van der Waals surface area contributed by atoms with E-state index >= 15 is 0 Å². The fraction of sp³-hybridized carbons (Fsp3) is 0.588. The Bertz CT molecular complexity index is 701. The third kappa shape index (κ3) is 5.67. The number of benzene rings is 1. The van der Waals surface area contributed by atoms with E-state index in [1.807, 2.05) is 0 Å². The minimum Gasteiger partial charge on any atom is -0.465 e. The standard InChI is InChI=1S/C17H24FNO5S/c18-15-7-6-13(10-14(15)16(20)8-9-19-17(21)22)25(23,24)11-12-4-2-1-3-5-12/h6-7,10,12,16,19-20H,1-5,8-9,11H2,(H,21,22). The van der Waals surface area contributed by atoms with Gasteiger partial charge in [-0.3, -0.25) is 0 Å². The van der Waals surface area contributed by atoms with Crippen LogP contribution >= 0.6 is 0 Å². The Morgan fingerprint density at radius 3 is 2.60 bits per heavy atom. The molecule has 1 atom stereocenters. The molecule has 0 heterocycles. The van der Waals surface area contributed by atoms with E-state index in [9.17, 15) is 22.7 Å². The number of hydrogen-bond donors (Lipinski definition) is 3. The highest BCUT2D eigenvalue weighted by Crippen LogP contribution is 2.29. The maximum Gasteiger partial charge on any atom is 0.404 e. The van der Waals surface area contributed by atoms with Crippen molar-refractivity contribution in [2.75, 3.05) is 12.3 Å². The van der Waals surface area contributed by atoms with Crippen LogP contribution in [0.3, 0.4) is 0 Å². The molecule has 140 valence electrons. The van der Waals surface area contributed by atoms with Gasteiger partial charge in [0, 0.05) is 12.1 Å². The van der Waals surface area contributed by atoms with Gasteiger partial charge in [-0.25, -0.2) is 17.6 Å². The maximum atomic E-state index is 14.0. The molecule has 1 unspecified atom stereocenters. The first-order valence-electron chi connectivity index (χ1n) is 8.46. The lowest BCUT2D eigenvalue weighted by Gasteiger charge is -2.21. The van der Waals surface area contributed by atoms with E-state index in [1.54, 1.807) is 0 Å². The fourth-order valence-corrected chi connectivity index (χ4v) is 4.93. The van der Waals surface area contributed by atoms with Crippen molar-refractivity contribution in [3.63, 3.8) is 0 Å². The van der Waals surface area contributed by atoms with E-state index in [4.69, 9.17) is 5.11 Å². The molecule has 0 radical (unpaired) electrons. The van der Waals surface area contributed by atoms with Crippen LogP contribution in [0.15, 0.2) is 23.1 Å². The summed E-state index contributed by atoms with van der Waals surface area (Å²) in [5.41, 5.74) is -0.128. The van der Waals surface area contributed by atoms with Crippen molar-refractivity contribution in [2.45, 2.75) is 49.5 Å². The first kappa shape index (κ1) is 19.7. The van der Waals surface area contributed by atoms with Crippen molar-refractivity contribution in [3.05, 3.63) is 29.6 Å². The van der Waals surface area contributed by atoms with Gasteiger partial charge in [0.1, 0.15) is 5.82 Å². The number of carboxylic acid groups (broad SMARTS) is 1. The van der Waals surface area contributed by atoms with Gasteiger partial charge in [-0.15, -0.1) is 0 Å². The third-order valence-corrected chi connectivity index (χ3v) is 6.44. The number of hydrogen-bond acceptors (Lipinski definition) is 4. The molecule has 0 aliphatic heterocycles. The minimum atomic E-state index is -3.55. The SMILES string of the molecule is O=C(O)NCCC(O)c1cc(S(=O)(=O)CC2CCCCC2)ccc1F. The second kappa shape index (κ2) is 8.62. The van der Waals surface area contributed by atoms with Gasteiger partial charge in [0.2, 0.25) is 0 Å². The first-order chi connectivity index (χ1) is 11.8. The molecule has 1 saturated carbocycles. The predicted octanol–water partition coefficient (Wildman–Crippen LogP) is 2.87. The molecule has 25 heavy (non-hydrogen) atoms. The van der Waals surface area contributed by atoms with Gasteiger partial charge < -0.3 is 15.5 Å². The summed E-state index contributed by atoms with van der Waals surface area (Å²) in [7, 11) is -3.55. The molecule has 2 rings (SSSR count). The molecule has 8 heteroatoms. The molecule has 0 bridgehead atoms. The van der Waals surface area contributed by atoms with Crippen LogP contribution in [0.5, 0.6) is 0 Å². The van der Waals surface area contributed by atoms with E-state index < -0.39 is 27.9 Å². The molecule has 1 aromatic carbocycles. The third-order valence-electron chi connectivity index (χ3n) is 4.56. The Hall–Kier alpha value is -1.67. The molecule has 1 aliphatic rings. The van der Waals surface area contributed by atoms with Crippen molar-refractivity contribution in [2.24, 2.45) is 5.92 Å². The van der Waals surface area contributed by atoms with Crippen molar-refractivity contribution in [3.8, 4) is 0 Å². The van der Waals surface area contributed by atoms with Crippen LogP contribution in [0.25, 0.3) is 0 Å². The van der Waals surface area contributed by atoms with Gasteiger partial charge in [0.05, 0.1) is 16.8 Å². The average molecular weight is 373 g/mol. The van der Waals surface area contributed by atoms with Crippen LogP contribution in [-0.4, -0.2) is 37.0 Å². The van der Waals surface area contributed by atoms with E-state index in [-0.39, 0.29) is 35.1 Å². The summed E-state index contributed by atoms with van der Waals surface area (Å²) in [6, 6.07) is 3.43. The number of amides is 1. The molecule has 0 aromatic heterocycles. The Kier molecular flexibility index (Phi) is 6.78. The molecular formula is C17H24FNO5S. The van der Waals surface area contributed by atoms with E-state index in [0.29, 0.717) is 0 Å². The smallest absolute Gasteiger partial charge is 0.404 e. The highest BCUT2D eigenvalue weighted by atomic mass is 32.2. The molecule has 1 aromatic rings. The predicted molar refractivity (Wildman–Crippen MR) is 90.6 cm³/mol. The fourth-order valence-electron chi connectivity index (χ4n) is 3.20. The summed E-state index contributed by atoms with van der Waals surface area (Å²) in [4.78, 5) is 10.4. The highest BCUT2D eigenvalue weighted by molar-refractivity contribution is 7.91. The van der Waals surface area contributed by atoms with Crippen molar-refractivity contribution in [1.29, 1.82) is 0 Å². The molecule has 0 saturated heterocycles. The Balaban J connectivity index is 2.11. The Labute approximate surface area is 147 Å². The Morgan fingerprint density at radius 2 is 1.96 bits per heavy atom. The zero-order valence-corrected chi connectivity index (χ0v) is 14.8. The molecule has 1 fully saturated rings. The van der Waals surface area contributed by atoms with Gasteiger partial charge in [-0.05, 0) is 43.4 Å². The summed E-state index contributed by atoms with van der Waals surface area (Å²) in [6.45, 7) is -0.0605. The summed E-state index contributed by atoms with van der Waals surface area (Å²) in [6.07, 6.45) is 2.40. The van der Waals surface area contributed by atoms with Crippen LogP contribution in [0.1, 0.15) is 50.2 Å². The molecular weight excluding hydrogens is 349 g/mol. The molecule has 1 amide bonds. The van der Waals surface area contributed by atoms with Crippen LogP contribution in [-0.2, 0) is 9.84 Å². The Morgan fingerprint density at radius 1 is 1.28 bits per heavy atom. The largest absolute Gasteiger partial charge is 0.465 e. The normalized spacial score (nSPS) is 17.2. The van der Waals surface area contributed by atoms with Crippen molar-refractivity contribution in [1.82, 2.24) is 5.32 Å². The number of halogens is 1. The second-order valence-electron chi connectivity index (χ2n) is 6.51.